The molecule has 5 heteroatoms. The molecule has 0 radical (unpaired) electrons. The summed E-state index contributed by atoms with van der Waals surface area (Å²) < 4.78 is 1.93. The smallest absolute Gasteiger partial charge is 0.231 e. The fraction of sp³-hybridized carbons (Fsp3) is 0.286. The van der Waals surface area contributed by atoms with Gasteiger partial charge in [-0.15, -0.1) is 0 Å². The normalized spacial score (nSPS) is 12.0. The van der Waals surface area contributed by atoms with E-state index >= 15 is 0 Å². The first kappa shape index (κ1) is 17.9. The van der Waals surface area contributed by atoms with Crippen molar-refractivity contribution in [1.82, 2.24) is 14.8 Å². The quantitative estimate of drug-likeness (QED) is 0.724. The highest BCUT2D eigenvalue weighted by atomic mass is 16.1. The average molecular weight is 348 g/mol. The van der Waals surface area contributed by atoms with Crippen LogP contribution in [0.25, 0.3) is 5.69 Å². The minimum absolute atomic E-state index is 0.0558. The minimum atomic E-state index is -0.278. The van der Waals surface area contributed by atoms with Gasteiger partial charge in [-0.1, -0.05) is 37.6 Å². The lowest BCUT2D eigenvalue weighted by Gasteiger charge is -2.14. The van der Waals surface area contributed by atoms with Crippen molar-refractivity contribution in [3.63, 3.8) is 0 Å². The van der Waals surface area contributed by atoms with E-state index < -0.39 is 0 Å². The van der Waals surface area contributed by atoms with E-state index in [-0.39, 0.29) is 11.8 Å². The van der Waals surface area contributed by atoms with Crippen LogP contribution in [0.4, 0.5) is 5.69 Å². The second-order valence-electron chi connectivity index (χ2n) is 6.45. The number of nitrogens with one attached hydrogen (secondary N) is 1. The van der Waals surface area contributed by atoms with E-state index in [1.165, 1.54) is 0 Å². The first-order valence-corrected chi connectivity index (χ1v) is 8.95. The molecule has 0 bridgehead atoms. The van der Waals surface area contributed by atoms with E-state index in [0.29, 0.717) is 0 Å². The van der Waals surface area contributed by atoms with Crippen molar-refractivity contribution < 1.29 is 4.79 Å². The largest absolute Gasteiger partial charge is 0.323 e. The zero-order chi connectivity index (χ0) is 18.5. The van der Waals surface area contributed by atoms with Gasteiger partial charge in [0, 0.05) is 12.4 Å². The molecule has 2 heterocycles. The Morgan fingerprint density at radius 2 is 2.00 bits per heavy atom. The Bertz CT molecular complexity index is 886. The lowest BCUT2D eigenvalue weighted by molar-refractivity contribution is -0.117. The zero-order valence-corrected chi connectivity index (χ0v) is 15.4. The fourth-order valence-electron chi connectivity index (χ4n) is 2.99. The Kier molecular flexibility index (Phi) is 5.46. The molecule has 26 heavy (non-hydrogen) atoms. The van der Waals surface area contributed by atoms with Gasteiger partial charge in [-0.25, -0.2) is 4.68 Å². The summed E-state index contributed by atoms with van der Waals surface area (Å²) in [6.45, 7) is 6.08. The first-order valence-electron chi connectivity index (χ1n) is 8.95. The molecule has 0 aliphatic carbocycles. The molecule has 0 saturated heterocycles. The van der Waals surface area contributed by atoms with Gasteiger partial charge in [-0.2, -0.15) is 5.10 Å². The second kappa shape index (κ2) is 7.95. The van der Waals surface area contributed by atoms with E-state index in [1.807, 2.05) is 41.9 Å². The number of aryl methyl sites for hydroxylation is 1. The molecular weight excluding hydrogens is 324 g/mol. The van der Waals surface area contributed by atoms with Crippen LogP contribution in [0.3, 0.4) is 0 Å². The third kappa shape index (κ3) is 3.67. The summed E-state index contributed by atoms with van der Waals surface area (Å²) >= 11 is 0. The molecule has 1 atom stereocenters. The topological polar surface area (TPSA) is 59.8 Å². The average Bonchev–Trinajstić information content (AvgIpc) is 3.05. The maximum Gasteiger partial charge on any atom is 0.231 e. The molecule has 134 valence electrons. The van der Waals surface area contributed by atoms with Crippen molar-refractivity contribution in [2.45, 2.75) is 39.5 Å². The van der Waals surface area contributed by atoms with Crippen LogP contribution in [0.2, 0.25) is 0 Å². The van der Waals surface area contributed by atoms with Crippen LogP contribution >= 0.6 is 0 Å². The molecule has 1 aromatic carbocycles. The Hall–Kier alpha value is -2.95. The maximum atomic E-state index is 12.7. The molecule has 0 spiro atoms. The van der Waals surface area contributed by atoms with Crippen LogP contribution in [0.15, 0.2) is 55.0 Å². The minimum Gasteiger partial charge on any atom is -0.323 e. The van der Waals surface area contributed by atoms with Gasteiger partial charge in [0.1, 0.15) is 0 Å². The molecule has 0 saturated carbocycles. The number of hydrogen-bond acceptors (Lipinski definition) is 3. The van der Waals surface area contributed by atoms with Gasteiger partial charge in [0.15, 0.2) is 0 Å². The highest BCUT2D eigenvalue weighted by Crippen LogP contribution is 2.24. The van der Waals surface area contributed by atoms with Gasteiger partial charge in [0.05, 0.1) is 29.2 Å². The number of rotatable bonds is 6. The number of anilines is 1. The third-order valence-electron chi connectivity index (χ3n) is 4.53. The number of pyridine rings is 1. The van der Waals surface area contributed by atoms with E-state index in [1.54, 1.807) is 18.6 Å². The number of benzene rings is 1. The van der Waals surface area contributed by atoms with Crippen molar-refractivity contribution in [2.75, 3.05) is 5.32 Å². The number of nitrogens with zero attached hydrogens (tertiary/aromatic N) is 3. The van der Waals surface area contributed by atoms with Gasteiger partial charge in [-0.05, 0) is 43.5 Å². The maximum absolute atomic E-state index is 12.7. The van der Waals surface area contributed by atoms with Crippen molar-refractivity contribution in [3.05, 3.63) is 71.8 Å². The molecule has 0 aliphatic heterocycles. The summed E-state index contributed by atoms with van der Waals surface area (Å²) in [4.78, 5) is 16.8. The molecular formula is C21H24N4O. The molecule has 0 unspecified atom stereocenters. The Morgan fingerprint density at radius 3 is 2.69 bits per heavy atom. The monoisotopic (exact) mass is 348 g/mol. The molecule has 2 aromatic heterocycles. The standard InChI is InChI=1S/C21H24N4O/c1-4-8-20-18(14-23-25(20)19-11-6-5-9-15(19)2)24-21(26)16(3)17-10-7-12-22-13-17/h5-7,9-14,16H,4,8H2,1-3H3,(H,24,26)/t16-/m1/s1. The van der Waals surface area contributed by atoms with E-state index in [4.69, 9.17) is 0 Å². The summed E-state index contributed by atoms with van der Waals surface area (Å²) in [5.74, 6) is -0.334. The van der Waals surface area contributed by atoms with Crippen LogP contribution in [0.5, 0.6) is 0 Å². The summed E-state index contributed by atoms with van der Waals surface area (Å²) in [6.07, 6.45) is 6.99. The van der Waals surface area contributed by atoms with Crippen LogP contribution in [0.1, 0.15) is 43.0 Å². The van der Waals surface area contributed by atoms with Gasteiger partial charge in [0.25, 0.3) is 0 Å². The van der Waals surface area contributed by atoms with Crippen LogP contribution in [0, 0.1) is 6.92 Å². The van der Waals surface area contributed by atoms with Crippen LogP contribution in [-0.2, 0) is 11.2 Å². The van der Waals surface area contributed by atoms with Gasteiger partial charge >= 0.3 is 0 Å². The summed E-state index contributed by atoms with van der Waals surface area (Å²) in [5, 5.41) is 7.59. The number of para-hydroxylation sites is 1. The molecule has 5 nitrogen and oxygen atoms in total. The highest BCUT2D eigenvalue weighted by molar-refractivity contribution is 5.96. The van der Waals surface area contributed by atoms with Crippen molar-refractivity contribution in [2.24, 2.45) is 0 Å². The predicted molar refractivity (Wildman–Crippen MR) is 104 cm³/mol. The SMILES string of the molecule is CCCc1c(NC(=O)[C@H](C)c2cccnc2)cnn1-c1ccccc1C. The lowest BCUT2D eigenvalue weighted by Crippen LogP contribution is -2.19. The highest BCUT2D eigenvalue weighted by Gasteiger charge is 2.19. The number of carbonyl (C=O) groups excluding carboxylic acids is 1. The number of carbonyl (C=O) groups is 1. The molecule has 1 amide bonds. The Morgan fingerprint density at radius 1 is 1.19 bits per heavy atom. The number of aromatic nitrogens is 3. The number of amides is 1. The fourth-order valence-corrected chi connectivity index (χ4v) is 2.99. The summed E-state index contributed by atoms with van der Waals surface area (Å²) in [5.41, 5.74) is 4.88. The Labute approximate surface area is 154 Å². The number of hydrogen-bond donors (Lipinski definition) is 1. The third-order valence-corrected chi connectivity index (χ3v) is 4.53. The predicted octanol–water partition coefficient (Wildman–Crippen LogP) is 4.27. The van der Waals surface area contributed by atoms with Gasteiger partial charge < -0.3 is 5.32 Å². The molecule has 3 rings (SSSR count). The molecule has 0 fully saturated rings. The molecule has 0 aliphatic rings. The molecule has 1 N–H and O–H groups in total. The van der Waals surface area contributed by atoms with Crippen molar-refractivity contribution in [1.29, 1.82) is 0 Å². The van der Waals surface area contributed by atoms with E-state index in [0.717, 1.165) is 41.0 Å². The lowest BCUT2D eigenvalue weighted by atomic mass is 10.0. The Balaban J connectivity index is 1.89. The van der Waals surface area contributed by atoms with Gasteiger partial charge in [0.2, 0.25) is 5.91 Å². The van der Waals surface area contributed by atoms with Crippen LogP contribution < -0.4 is 5.32 Å². The van der Waals surface area contributed by atoms with E-state index in [2.05, 4.69) is 35.3 Å². The van der Waals surface area contributed by atoms with Crippen LogP contribution in [-0.4, -0.2) is 20.7 Å². The summed E-state index contributed by atoms with van der Waals surface area (Å²) in [6, 6.07) is 11.9. The van der Waals surface area contributed by atoms with Crippen molar-refractivity contribution in [3.8, 4) is 5.69 Å². The second-order valence-corrected chi connectivity index (χ2v) is 6.45. The first-order chi connectivity index (χ1) is 12.6. The zero-order valence-electron chi connectivity index (χ0n) is 15.4. The van der Waals surface area contributed by atoms with Crippen molar-refractivity contribution >= 4 is 11.6 Å². The molecule has 3 aromatic rings. The van der Waals surface area contributed by atoms with Gasteiger partial charge in [-0.3, -0.25) is 9.78 Å². The summed E-state index contributed by atoms with van der Waals surface area (Å²) in [7, 11) is 0. The van der Waals surface area contributed by atoms with E-state index in [9.17, 15) is 4.79 Å².